The first-order chi connectivity index (χ1) is 10.5. The van der Waals surface area contributed by atoms with Crippen LogP contribution in [0.3, 0.4) is 0 Å². The third-order valence-corrected chi connectivity index (χ3v) is 3.40. The summed E-state index contributed by atoms with van der Waals surface area (Å²) in [6.45, 7) is 1.74. The van der Waals surface area contributed by atoms with Crippen molar-refractivity contribution in [1.29, 1.82) is 0 Å². The number of anilines is 1. The lowest BCUT2D eigenvalue weighted by molar-refractivity contribution is -0.116. The molecule has 0 heterocycles. The van der Waals surface area contributed by atoms with Gasteiger partial charge in [-0.05, 0) is 42.2 Å². The molecule has 22 heavy (non-hydrogen) atoms. The Balaban J connectivity index is 1.98. The van der Waals surface area contributed by atoms with Crippen LogP contribution in [0.15, 0.2) is 36.4 Å². The first-order valence-corrected chi connectivity index (χ1v) is 6.94. The van der Waals surface area contributed by atoms with Gasteiger partial charge >= 0.3 is 0 Å². The average molecular weight is 305 g/mol. The first kappa shape index (κ1) is 16.1. The number of benzene rings is 2. The van der Waals surface area contributed by atoms with Crippen LogP contribution in [0.1, 0.15) is 23.1 Å². The van der Waals surface area contributed by atoms with E-state index in [2.05, 4.69) is 5.32 Å². The highest BCUT2D eigenvalue weighted by Gasteiger charge is 2.09. The standard InChI is InChI=1S/C17H17F2NO2/c1-11-2-3-12(10-21)8-16(11)20-17(22)7-5-13-4-6-14(18)9-15(13)19/h2-4,6,8-9,21H,5,7,10H2,1H3,(H,20,22). The number of aryl methyl sites for hydroxylation is 2. The van der Waals surface area contributed by atoms with Crippen LogP contribution >= 0.6 is 0 Å². The molecule has 0 atom stereocenters. The van der Waals surface area contributed by atoms with Gasteiger partial charge in [-0.15, -0.1) is 0 Å². The van der Waals surface area contributed by atoms with Gasteiger partial charge in [-0.3, -0.25) is 4.79 Å². The number of carbonyl (C=O) groups excluding carboxylic acids is 1. The summed E-state index contributed by atoms with van der Waals surface area (Å²) >= 11 is 0. The number of hydrogen-bond acceptors (Lipinski definition) is 2. The molecule has 3 nitrogen and oxygen atoms in total. The molecule has 1 amide bonds. The van der Waals surface area contributed by atoms with Crippen LogP contribution in [-0.4, -0.2) is 11.0 Å². The van der Waals surface area contributed by atoms with E-state index in [4.69, 9.17) is 5.11 Å². The van der Waals surface area contributed by atoms with Crippen molar-refractivity contribution in [3.8, 4) is 0 Å². The topological polar surface area (TPSA) is 49.3 Å². The van der Waals surface area contributed by atoms with Crippen LogP contribution in [0.4, 0.5) is 14.5 Å². The van der Waals surface area contributed by atoms with E-state index in [1.165, 1.54) is 12.1 Å². The molecule has 0 saturated carbocycles. The van der Waals surface area contributed by atoms with E-state index in [0.29, 0.717) is 16.8 Å². The van der Waals surface area contributed by atoms with Gasteiger partial charge in [-0.1, -0.05) is 18.2 Å². The first-order valence-electron chi connectivity index (χ1n) is 6.94. The molecule has 2 N–H and O–H groups in total. The van der Waals surface area contributed by atoms with Gasteiger partial charge in [0.2, 0.25) is 5.91 Å². The minimum atomic E-state index is -0.647. The summed E-state index contributed by atoms with van der Waals surface area (Å²) in [7, 11) is 0. The lowest BCUT2D eigenvalue weighted by atomic mass is 10.1. The van der Waals surface area contributed by atoms with Gasteiger partial charge in [0, 0.05) is 18.2 Å². The van der Waals surface area contributed by atoms with E-state index >= 15 is 0 Å². The molecular formula is C17H17F2NO2. The maximum atomic E-state index is 13.5. The number of nitrogens with one attached hydrogen (secondary N) is 1. The molecule has 0 aliphatic carbocycles. The largest absolute Gasteiger partial charge is 0.392 e. The molecule has 0 aliphatic heterocycles. The molecule has 0 aliphatic rings. The Kier molecular flexibility index (Phi) is 5.22. The molecule has 2 aromatic rings. The van der Waals surface area contributed by atoms with Crippen molar-refractivity contribution in [2.75, 3.05) is 5.32 Å². The molecule has 2 aromatic carbocycles. The SMILES string of the molecule is Cc1ccc(CO)cc1NC(=O)CCc1ccc(F)cc1F. The molecule has 0 radical (unpaired) electrons. The van der Waals surface area contributed by atoms with Crippen molar-refractivity contribution in [3.05, 3.63) is 64.7 Å². The molecule has 0 bridgehead atoms. The predicted molar refractivity (Wildman–Crippen MR) is 80.4 cm³/mol. The van der Waals surface area contributed by atoms with Gasteiger partial charge in [0.1, 0.15) is 11.6 Å². The minimum absolute atomic E-state index is 0.0886. The molecule has 5 heteroatoms. The fourth-order valence-corrected chi connectivity index (χ4v) is 2.09. The Morgan fingerprint density at radius 1 is 1.18 bits per heavy atom. The fraction of sp³-hybridized carbons (Fsp3) is 0.235. The molecule has 0 fully saturated rings. The van der Waals surface area contributed by atoms with Crippen molar-refractivity contribution >= 4 is 11.6 Å². The Bertz CT molecular complexity index is 686. The van der Waals surface area contributed by atoms with Gasteiger partial charge in [0.15, 0.2) is 0 Å². The molecule has 0 unspecified atom stereocenters. The van der Waals surface area contributed by atoms with E-state index in [0.717, 1.165) is 11.6 Å². The zero-order valence-corrected chi connectivity index (χ0v) is 12.2. The lowest BCUT2D eigenvalue weighted by Gasteiger charge is -2.10. The predicted octanol–water partition coefficient (Wildman–Crippen LogP) is 3.34. The second kappa shape index (κ2) is 7.13. The van der Waals surface area contributed by atoms with Crippen LogP contribution in [0, 0.1) is 18.6 Å². The van der Waals surface area contributed by atoms with Gasteiger partial charge in [0.05, 0.1) is 6.61 Å². The summed E-state index contributed by atoms with van der Waals surface area (Å²) in [4.78, 5) is 11.9. The van der Waals surface area contributed by atoms with Crippen LogP contribution in [-0.2, 0) is 17.8 Å². The van der Waals surface area contributed by atoms with E-state index < -0.39 is 11.6 Å². The Hall–Kier alpha value is -2.27. The number of aliphatic hydroxyl groups excluding tert-OH is 1. The smallest absolute Gasteiger partial charge is 0.224 e. The summed E-state index contributed by atoms with van der Waals surface area (Å²) in [6, 6.07) is 8.61. The minimum Gasteiger partial charge on any atom is -0.392 e. The summed E-state index contributed by atoms with van der Waals surface area (Å²) in [6.07, 6.45) is 0.280. The molecule has 2 rings (SSSR count). The second-order valence-electron chi connectivity index (χ2n) is 5.09. The molecular weight excluding hydrogens is 288 g/mol. The summed E-state index contributed by atoms with van der Waals surface area (Å²) in [5, 5.41) is 11.8. The monoisotopic (exact) mass is 305 g/mol. The van der Waals surface area contributed by atoms with Crippen molar-refractivity contribution in [2.45, 2.75) is 26.4 Å². The van der Waals surface area contributed by atoms with Crippen LogP contribution in [0.25, 0.3) is 0 Å². The van der Waals surface area contributed by atoms with Crippen molar-refractivity contribution in [2.24, 2.45) is 0 Å². The quantitative estimate of drug-likeness (QED) is 0.890. The van der Waals surface area contributed by atoms with Crippen LogP contribution < -0.4 is 5.32 Å². The highest BCUT2D eigenvalue weighted by Crippen LogP contribution is 2.18. The summed E-state index contributed by atoms with van der Waals surface area (Å²) in [5.74, 6) is -1.55. The number of aliphatic hydroxyl groups is 1. The zero-order valence-electron chi connectivity index (χ0n) is 12.2. The molecule has 0 spiro atoms. The van der Waals surface area contributed by atoms with E-state index in [-0.39, 0.29) is 25.4 Å². The number of amides is 1. The van der Waals surface area contributed by atoms with Gasteiger partial charge in [-0.25, -0.2) is 8.78 Å². The number of halogens is 2. The Morgan fingerprint density at radius 2 is 1.95 bits per heavy atom. The zero-order chi connectivity index (χ0) is 16.1. The van der Waals surface area contributed by atoms with Gasteiger partial charge < -0.3 is 10.4 Å². The Morgan fingerprint density at radius 3 is 2.64 bits per heavy atom. The average Bonchev–Trinajstić information content (AvgIpc) is 2.48. The molecule has 0 aromatic heterocycles. The molecule has 0 saturated heterocycles. The van der Waals surface area contributed by atoms with Crippen LogP contribution in [0.2, 0.25) is 0 Å². The highest BCUT2D eigenvalue weighted by molar-refractivity contribution is 5.91. The van der Waals surface area contributed by atoms with Gasteiger partial charge in [-0.2, -0.15) is 0 Å². The molecule has 116 valence electrons. The van der Waals surface area contributed by atoms with E-state index in [1.54, 1.807) is 18.2 Å². The normalized spacial score (nSPS) is 10.5. The third kappa shape index (κ3) is 4.11. The number of carbonyl (C=O) groups is 1. The maximum absolute atomic E-state index is 13.5. The number of hydrogen-bond donors (Lipinski definition) is 2. The van der Waals surface area contributed by atoms with E-state index in [9.17, 15) is 13.6 Å². The van der Waals surface area contributed by atoms with Gasteiger partial charge in [0.25, 0.3) is 0 Å². The third-order valence-electron chi connectivity index (χ3n) is 3.40. The fourth-order valence-electron chi connectivity index (χ4n) is 2.09. The maximum Gasteiger partial charge on any atom is 0.224 e. The highest BCUT2D eigenvalue weighted by atomic mass is 19.1. The van der Waals surface area contributed by atoms with Crippen molar-refractivity contribution in [3.63, 3.8) is 0 Å². The summed E-state index contributed by atoms with van der Waals surface area (Å²) < 4.78 is 26.3. The van der Waals surface area contributed by atoms with Crippen molar-refractivity contribution < 1.29 is 18.7 Å². The summed E-state index contributed by atoms with van der Waals surface area (Å²) in [5.41, 5.74) is 2.50. The van der Waals surface area contributed by atoms with E-state index in [1.807, 2.05) is 6.92 Å². The lowest BCUT2D eigenvalue weighted by Crippen LogP contribution is -2.13. The second-order valence-corrected chi connectivity index (χ2v) is 5.09. The van der Waals surface area contributed by atoms with Crippen molar-refractivity contribution in [1.82, 2.24) is 0 Å². The van der Waals surface area contributed by atoms with Crippen LogP contribution in [0.5, 0.6) is 0 Å². The Labute approximate surface area is 127 Å². The number of rotatable bonds is 5.